The fourth-order valence-electron chi connectivity index (χ4n) is 3.65. The molecular formula is C19H30IN3O2. The Kier molecular flexibility index (Phi) is 8.29. The first-order valence-corrected chi connectivity index (χ1v) is 9.01. The van der Waals surface area contributed by atoms with Crippen LogP contribution in [0.4, 0.5) is 0 Å². The number of halogens is 1. The van der Waals surface area contributed by atoms with E-state index in [0.29, 0.717) is 12.0 Å². The summed E-state index contributed by atoms with van der Waals surface area (Å²) in [5.74, 6) is 2.50. The first kappa shape index (κ1) is 20.3. The van der Waals surface area contributed by atoms with Crippen molar-refractivity contribution >= 4 is 29.9 Å². The largest absolute Gasteiger partial charge is 0.497 e. The van der Waals surface area contributed by atoms with Crippen LogP contribution < -0.4 is 10.1 Å². The van der Waals surface area contributed by atoms with Crippen LogP contribution in [0.5, 0.6) is 5.75 Å². The Hall–Kier alpha value is -1.02. The molecule has 1 aromatic rings. The van der Waals surface area contributed by atoms with Crippen LogP contribution >= 0.6 is 24.0 Å². The summed E-state index contributed by atoms with van der Waals surface area (Å²) in [6.45, 7) is 3.93. The molecule has 2 aliphatic heterocycles. The molecule has 1 aromatic carbocycles. The number of hydrogen-bond acceptors (Lipinski definition) is 3. The number of likely N-dealkylation sites (tertiary alicyclic amines) is 1. The van der Waals surface area contributed by atoms with Gasteiger partial charge in [0.2, 0.25) is 0 Å². The van der Waals surface area contributed by atoms with Gasteiger partial charge in [-0.3, -0.25) is 4.99 Å². The second kappa shape index (κ2) is 10.2. The Bertz CT molecular complexity index is 544. The van der Waals surface area contributed by atoms with Crippen molar-refractivity contribution in [1.29, 1.82) is 0 Å². The number of guanidine groups is 1. The fraction of sp³-hybridized carbons (Fsp3) is 0.632. The highest BCUT2D eigenvalue weighted by Crippen LogP contribution is 2.28. The van der Waals surface area contributed by atoms with Crippen molar-refractivity contribution in [3.63, 3.8) is 0 Å². The van der Waals surface area contributed by atoms with E-state index >= 15 is 0 Å². The molecule has 0 aromatic heterocycles. The first-order valence-electron chi connectivity index (χ1n) is 9.01. The summed E-state index contributed by atoms with van der Waals surface area (Å²) in [4.78, 5) is 6.83. The second-order valence-electron chi connectivity index (χ2n) is 6.60. The summed E-state index contributed by atoms with van der Waals surface area (Å²) >= 11 is 0. The van der Waals surface area contributed by atoms with Gasteiger partial charge >= 0.3 is 0 Å². The van der Waals surface area contributed by atoms with Crippen molar-refractivity contribution < 1.29 is 9.47 Å². The van der Waals surface area contributed by atoms with Gasteiger partial charge in [-0.15, -0.1) is 24.0 Å². The number of methoxy groups -OCH3 is 1. The van der Waals surface area contributed by atoms with Gasteiger partial charge in [-0.2, -0.15) is 0 Å². The van der Waals surface area contributed by atoms with Crippen LogP contribution in [-0.2, 0) is 4.74 Å². The minimum atomic E-state index is 0. The topological polar surface area (TPSA) is 46.1 Å². The number of ether oxygens (including phenoxy) is 2. The molecule has 1 N–H and O–H groups in total. The molecule has 5 nitrogen and oxygen atoms in total. The average Bonchev–Trinajstić information content (AvgIpc) is 3.31. The summed E-state index contributed by atoms with van der Waals surface area (Å²) in [7, 11) is 3.58. The molecule has 140 valence electrons. The number of nitrogens with zero attached hydrogens (tertiary/aromatic N) is 2. The zero-order valence-electron chi connectivity index (χ0n) is 15.2. The van der Waals surface area contributed by atoms with Crippen LogP contribution in [0.25, 0.3) is 0 Å². The minimum absolute atomic E-state index is 0. The number of benzene rings is 1. The lowest BCUT2D eigenvalue weighted by atomic mass is 9.98. The number of nitrogens with one attached hydrogen (secondary N) is 1. The SMILES string of the molecule is CN=C(NCCC1CCCO1)N1CCC(c2ccc(OC)cc2)C1.I. The molecule has 2 saturated heterocycles. The normalized spacial score (nSPS) is 23.4. The van der Waals surface area contributed by atoms with E-state index < -0.39 is 0 Å². The molecule has 25 heavy (non-hydrogen) atoms. The number of aliphatic imine (C=N–C) groups is 1. The maximum absolute atomic E-state index is 5.68. The van der Waals surface area contributed by atoms with Gasteiger partial charge in [0.25, 0.3) is 0 Å². The van der Waals surface area contributed by atoms with Crippen LogP contribution in [0.2, 0.25) is 0 Å². The van der Waals surface area contributed by atoms with Crippen molar-refractivity contribution in [2.45, 2.75) is 37.7 Å². The van der Waals surface area contributed by atoms with E-state index in [4.69, 9.17) is 9.47 Å². The molecule has 0 aliphatic carbocycles. The summed E-state index contributed by atoms with van der Waals surface area (Å²) in [6, 6.07) is 8.46. The molecule has 0 spiro atoms. The van der Waals surface area contributed by atoms with Gasteiger partial charge in [-0.05, 0) is 43.4 Å². The molecular weight excluding hydrogens is 429 g/mol. The summed E-state index contributed by atoms with van der Waals surface area (Å²) in [6.07, 6.45) is 5.06. The quantitative estimate of drug-likeness (QED) is 0.417. The van der Waals surface area contributed by atoms with E-state index in [1.807, 2.05) is 19.2 Å². The summed E-state index contributed by atoms with van der Waals surface area (Å²) in [5.41, 5.74) is 1.38. The van der Waals surface area contributed by atoms with E-state index in [9.17, 15) is 0 Å². The summed E-state index contributed by atoms with van der Waals surface area (Å²) < 4.78 is 10.9. The van der Waals surface area contributed by atoms with Crippen molar-refractivity contribution in [2.75, 3.05) is 40.4 Å². The predicted octanol–water partition coefficient (Wildman–Crippen LogP) is 3.25. The lowest BCUT2D eigenvalue weighted by Crippen LogP contribution is -2.41. The van der Waals surface area contributed by atoms with Crippen molar-refractivity contribution in [3.8, 4) is 5.75 Å². The third-order valence-electron chi connectivity index (χ3n) is 5.06. The molecule has 0 bridgehead atoms. The summed E-state index contributed by atoms with van der Waals surface area (Å²) in [5, 5.41) is 3.50. The zero-order chi connectivity index (χ0) is 16.8. The van der Waals surface area contributed by atoms with Crippen molar-refractivity contribution in [2.24, 2.45) is 4.99 Å². The molecule has 2 atom stereocenters. The molecule has 2 fully saturated rings. The second-order valence-corrected chi connectivity index (χ2v) is 6.60. The van der Waals surface area contributed by atoms with Crippen molar-refractivity contribution in [3.05, 3.63) is 29.8 Å². The Labute approximate surface area is 168 Å². The maximum atomic E-state index is 5.68. The van der Waals surface area contributed by atoms with E-state index in [0.717, 1.165) is 44.4 Å². The zero-order valence-corrected chi connectivity index (χ0v) is 17.6. The Balaban J connectivity index is 0.00000225. The molecule has 3 rings (SSSR count). The minimum Gasteiger partial charge on any atom is -0.497 e. The molecule has 0 amide bonds. The van der Waals surface area contributed by atoms with Gasteiger partial charge in [0, 0.05) is 39.2 Å². The van der Waals surface area contributed by atoms with E-state index in [2.05, 4.69) is 27.3 Å². The van der Waals surface area contributed by atoms with Crippen LogP contribution in [0.15, 0.2) is 29.3 Å². The molecule has 2 aliphatic rings. The molecule has 0 radical (unpaired) electrons. The van der Waals surface area contributed by atoms with E-state index in [1.54, 1.807) is 7.11 Å². The lowest BCUT2D eigenvalue weighted by Gasteiger charge is -2.22. The van der Waals surface area contributed by atoms with Crippen LogP contribution in [0.1, 0.15) is 37.2 Å². The number of rotatable bonds is 5. The van der Waals surface area contributed by atoms with Crippen LogP contribution in [0.3, 0.4) is 0 Å². The highest BCUT2D eigenvalue weighted by molar-refractivity contribution is 14.0. The Morgan fingerprint density at radius 3 is 2.76 bits per heavy atom. The van der Waals surface area contributed by atoms with Gasteiger partial charge in [0.05, 0.1) is 13.2 Å². The molecule has 6 heteroatoms. The van der Waals surface area contributed by atoms with Crippen molar-refractivity contribution in [1.82, 2.24) is 10.2 Å². The first-order chi connectivity index (χ1) is 11.8. The van der Waals surface area contributed by atoms with Crippen LogP contribution in [0, 0.1) is 0 Å². The van der Waals surface area contributed by atoms with Gasteiger partial charge in [-0.25, -0.2) is 0 Å². The van der Waals surface area contributed by atoms with E-state index in [-0.39, 0.29) is 24.0 Å². The average molecular weight is 459 g/mol. The molecule has 2 heterocycles. The van der Waals surface area contributed by atoms with E-state index in [1.165, 1.54) is 24.8 Å². The Morgan fingerprint density at radius 1 is 1.32 bits per heavy atom. The highest BCUT2D eigenvalue weighted by Gasteiger charge is 2.26. The third-order valence-corrected chi connectivity index (χ3v) is 5.06. The smallest absolute Gasteiger partial charge is 0.193 e. The standard InChI is InChI=1S/C19H29N3O2.HI/c1-20-19(21-11-9-18-4-3-13-24-18)22-12-10-16(14-22)15-5-7-17(23-2)8-6-15;/h5-8,16,18H,3-4,9-14H2,1-2H3,(H,20,21);1H. The molecule has 0 saturated carbocycles. The maximum Gasteiger partial charge on any atom is 0.193 e. The van der Waals surface area contributed by atoms with Gasteiger partial charge in [0.1, 0.15) is 5.75 Å². The third kappa shape index (κ3) is 5.48. The fourth-order valence-corrected chi connectivity index (χ4v) is 3.65. The van der Waals surface area contributed by atoms with Gasteiger partial charge in [0.15, 0.2) is 5.96 Å². The lowest BCUT2D eigenvalue weighted by molar-refractivity contribution is 0.105. The van der Waals surface area contributed by atoms with Gasteiger partial charge < -0.3 is 19.7 Å². The van der Waals surface area contributed by atoms with Gasteiger partial charge in [-0.1, -0.05) is 12.1 Å². The van der Waals surface area contributed by atoms with Crippen LogP contribution in [-0.4, -0.2) is 57.4 Å². The molecule has 2 unspecified atom stereocenters. The highest BCUT2D eigenvalue weighted by atomic mass is 127. The number of hydrogen-bond donors (Lipinski definition) is 1. The Morgan fingerprint density at radius 2 is 2.12 bits per heavy atom. The monoisotopic (exact) mass is 459 g/mol. The predicted molar refractivity (Wildman–Crippen MR) is 112 cm³/mol.